The van der Waals surface area contributed by atoms with E-state index in [0.29, 0.717) is 24.1 Å². The molecule has 0 unspecified atom stereocenters. The van der Waals surface area contributed by atoms with Crippen molar-refractivity contribution in [3.63, 3.8) is 0 Å². The Hall–Kier alpha value is -2.99. The van der Waals surface area contributed by atoms with E-state index < -0.39 is 0 Å². The molecule has 28 heavy (non-hydrogen) atoms. The summed E-state index contributed by atoms with van der Waals surface area (Å²) in [4.78, 5) is 31.9. The Morgan fingerprint density at radius 2 is 1.96 bits per heavy atom. The van der Waals surface area contributed by atoms with Crippen molar-refractivity contribution in [1.29, 1.82) is 0 Å². The quantitative estimate of drug-likeness (QED) is 0.508. The van der Waals surface area contributed by atoms with Crippen LogP contribution in [0.25, 0.3) is 21.2 Å². The number of aromatic nitrogens is 1. The highest BCUT2D eigenvalue weighted by molar-refractivity contribution is 7.18. The Morgan fingerprint density at radius 1 is 1.14 bits per heavy atom. The molecule has 0 aliphatic carbocycles. The predicted molar refractivity (Wildman–Crippen MR) is 110 cm³/mol. The zero-order chi connectivity index (χ0) is 19.1. The van der Waals surface area contributed by atoms with Gasteiger partial charge in [-0.1, -0.05) is 24.3 Å². The fraction of sp³-hybridized carbons (Fsp3) is 0.227. The van der Waals surface area contributed by atoms with Gasteiger partial charge in [0, 0.05) is 25.1 Å². The average molecular weight is 390 g/mol. The summed E-state index contributed by atoms with van der Waals surface area (Å²) < 4.78 is 6.91. The van der Waals surface area contributed by atoms with Crippen molar-refractivity contribution in [1.82, 2.24) is 9.88 Å². The summed E-state index contributed by atoms with van der Waals surface area (Å²) in [6, 6.07) is 16.4. The van der Waals surface area contributed by atoms with Gasteiger partial charge in [0.1, 0.15) is 5.58 Å². The SMILES string of the molecule is O=C(c1cc(=O)c2ccccc2o1)N1CCC[C@@H](c2nc3ccccc3s2)C1. The molecule has 0 spiro atoms. The second-order valence-electron chi connectivity index (χ2n) is 7.08. The van der Waals surface area contributed by atoms with Crippen molar-refractivity contribution in [2.45, 2.75) is 18.8 Å². The van der Waals surface area contributed by atoms with E-state index in [0.717, 1.165) is 23.4 Å². The lowest BCUT2D eigenvalue weighted by molar-refractivity contribution is 0.0675. The smallest absolute Gasteiger partial charge is 0.289 e. The van der Waals surface area contributed by atoms with Crippen LogP contribution in [0.1, 0.15) is 34.3 Å². The van der Waals surface area contributed by atoms with Crippen LogP contribution in [-0.2, 0) is 0 Å². The molecule has 5 nitrogen and oxygen atoms in total. The van der Waals surface area contributed by atoms with E-state index in [-0.39, 0.29) is 23.0 Å². The van der Waals surface area contributed by atoms with Crippen LogP contribution in [0.3, 0.4) is 0 Å². The highest BCUT2D eigenvalue weighted by atomic mass is 32.1. The lowest BCUT2D eigenvalue weighted by atomic mass is 9.98. The Balaban J connectivity index is 1.43. The fourth-order valence-corrected chi connectivity index (χ4v) is 4.89. The van der Waals surface area contributed by atoms with Crippen LogP contribution in [0.2, 0.25) is 0 Å². The number of rotatable bonds is 2. The first-order valence-corrected chi connectivity index (χ1v) is 10.2. The second-order valence-corrected chi connectivity index (χ2v) is 8.14. The molecule has 5 rings (SSSR count). The first-order valence-electron chi connectivity index (χ1n) is 9.37. The topological polar surface area (TPSA) is 63.4 Å². The maximum absolute atomic E-state index is 13.0. The van der Waals surface area contributed by atoms with Crippen LogP contribution in [-0.4, -0.2) is 28.9 Å². The number of para-hydroxylation sites is 2. The molecule has 1 saturated heterocycles. The highest BCUT2D eigenvalue weighted by Crippen LogP contribution is 2.33. The standard InChI is InChI=1S/C22H18N2O3S/c25-17-12-19(27-18-9-3-1-7-15(17)18)22(26)24-11-5-6-14(13-24)21-23-16-8-2-4-10-20(16)28-21/h1-4,7-10,12,14H,5-6,11,13H2/t14-/m1/s1. The third-order valence-corrected chi connectivity index (χ3v) is 6.41. The fourth-order valence-electron chi connectivity index (χ4n) is 3.79. The molecular weight excluding hydrogens is 372 g/mol. The number of carbonyl (C=O) groups is 1. The number of likely N-dealkylation sites (tertiary alicyclic amines) is 1. The number of piperidine rings is 1. The predicted octanol–water partition coefficient (Wildman–Crippen LogP) is 4.42. The number of thiazole rings is 1. The van der Waals surface area contributed by atoms with E-state index in [4.69, 9.17) is 9.40 Å². The number of nitrogens with zero attached hydrogens (tertiary/aromatic N) is 2. The van der Waals surface area contributed by atoms with Crippen LogP contribution in [0.5, 0.6) is 0 Å². The van der Waals surface area contributed by atoms with Crippen molar-refractivity contribution in [2.75, 3.05) is 13.1 Å². The van der Waals surface area contributed by atoms with E-state index in [1.165, 1.54) is 10.8 Å². The van der Waals surface area contributed by atoms with Crippen LogP contribution in [0.15, 0.2) is 63.8 Å². The zero-order valence-corrected chi connectivity index (χ0v) is 15.9. The van der Waals surface area contributed by atoms with Gasteiger partial charge in [0.05, 0.1) is 20.6 Å². The molecule has 3 heterocycles. The molecule has 0 bridgehead atoms. The Morgan fingerprint density at radius 3 is 2.86 bits per heavy atom. The molecule has 0 saturated carbocycles. The summed E-state index contributed by atoms with van der Waals surface area (Å²) in [5, 5.41) is 1.56. The van der Waals surface area contributed by atoms with Crippen molar-refractivity contribution >= 4 is 38.4 Å². The van der Waals surface area contributed by atoms with Gasteiger partial charge in [0.2, 0.25) is 0 Å². The van der Waals surface area contributed by atoms with E-state index in [2.05, 4.69) is 6.07 Å². The van der Waals surface area contributed by atoms with Gasteiger partial charge < -0.3 is 9.32 Å². The lowest BCUT2D eigenvalue weighted by Crippen LogP contribution is -2.39. The number of hydrogen-bond acceptors (Lipinski definition) is 5. The summed E-state index contributed by atoms with van der Waals surface area (Å²) in [7, 11) is 0. The molecule has 6 heteroatoms. The van der Waals surface area contributed by atoms with E-state index in [9.17, 15) is 9.59 Å². The van der Waals surface area contributed by atoms with Crippen LogP contribution >= 0.6 is 11.3 Å². The van der Waals surface area contributed by atoms with Crippen molar-refractivity contribution in [3.8, 4) is 0 Å². The van der Waals surface area contributed by atoms with Crippen LogP contribution < -0.4 is 5.43 Å². The van der Waals surface area contributed by atoms with Gasteiger partial charge in [-0.3, -0.25) is 9.59 Å². The summed E-state index contributed by atoms with van der Waals surface area (Å²) in [5.41, 5.74) is 1.26. The molecule has 2 aromatic carbocycles. The molecule has 0 radical (unpaired) electrons. The number of carbonyl (C=O) groups excluding carboxylic acids is 1. The van der Waals surface area contributed by atoms with Crippen molar-refractivity contribution < 1.29 is 9.21 Å². The maximum Gasteiger partial charge on any atom is 0.289 e. The Kier molecular flexibility index (Phi) is 4.20. The monoisotopic (exact) mass is 390 g/mol. The summed E-state index contributed by atoms with van der Waals surface area (Å²) in [5.74, 6) is 0.0876. The number of hydrogen-bond donors (Lipinski definition) is 0. The molecular formula is C22H18N2O3S. The minimum Gasteiger partial charge on any atom is -0.451 e. The van der Waals surface area contributed by atoms with Crippen molar-refractivity contribution in [2.24, 2.45) is 0 Å². The van der Waals surface area contributed by atoms with Gasteiger partial charge in [-0.2, -0.15) is 0 Å². The number of benzene rings is 2. The normalized spacial score (nSPS) is 17.3. The van der Waals surface area contributed by atoms with Gasteiger partial charge >= 0.3 is 0 Å². The van der Waals surface area contributed by atoms with E-state index >= 15 is 0 Å². The highest BCUT2D eigenvalue weighted by Gasteiger charge is 2.29. The molecule has 0 N–H and O–H groups in total. The van der Waals surface area contributed by atoms with E-state index in [1.54, 1.807) is 40.5 Å². The summed E-state index contributed by atoms with van der Waals surface area (Å²) >= 11 is 1.70. The minimum atomic E-state index is -0.228. The zero-order valence-electron chi connectivity index (χ0n) is 15.1. The van der Waals surface area contributed by atoms with Crippen molar-refractivity contribution in [3.05, 3.63) is 75.6 Å². The molecule has 4 aromatic rings. The molecule has 1 atom stereocenters. The first-order chi connectivity index (χ1) is 13.7. The van der Waals surface area contributed by atoms with Gasteiger partial charge in [0.15, 0.2) is 11.2 Å². The third-order valence-electron chi connectivity index (χ3n) is 5.21. The van der Waals surface area contributed by atoms with Gasteiger partial charge in [-0.15, -0.1) is 11.3 Å². The summed E-state index contributed by atoms with van der Waals surface area (Å²) in [6.45, 7) is 1.26. The average Bonchev–Trinajstić information content (AvgIpc) is 3.18. The van der Waals surface area contributed by atoms with Gasteiger partial charge in [-0.05, 0) is 37.1 Å². The lowest BCUT2D eigenvalue weighted by Gasteiger charge is -2.31. The second kappa shape index (κ2) is 6.87. The molecule has 140 valence electrons. The minimum absolute atomic E-state index is 0.105. The van der Waals surface area contributed by atoms with Crippen LogP contribution in [0.4, 0.5) is 0 Å². The molecule has 1 amide bonds. The largest absolute Gasteiger partial charge is 0.451 e. The third kappa shape index (κ3) is 2.99. The van der Waals surface area contributed by atoms with Gasteiger partial charge in [0.25, 0.3) is 5.91 Å². The molecule has 1 aliphatic heterocycles. The molecule has 1 fully saturated rings. The Labute approximate surface area is 165 Å². The maximum atomic E-state index is 13.0. The summed E-state index contributed by atoms with van der Waals surface area (Å²) in [6.07, 6.45) is 1.91. The molecule has 2 aromatic heterocycles. The Bertz CT molecular complexity index is 1210. The molecule has 1 aliphatic rings. The first kappa shape index (κ1) is 17.1. The van der Waals surface area contributed by atoms with Gasteiger partial charge in [-0.25, -0.2) is 4.98 Å². The van der Waals surface area contributed by atoms with Crippen LogP contribution in [0, 0.1) is 0 Å². The number of amides is 1. The number of fused-ring (bicyclic) bond motifs is 2. The van der Waals surface area contributed by atoms with E-state index in [1.807, 2.05) is 18.2 Å².